The smallest absolute Gasteiger partial charge is 0.0175 e. The molecule has 1 N–H and O–H groups in total. The normalized spacial score (nSPS) is 25.2. The summed E-state index contributed by atoms with van der Waals surface area (Å²) < 4.78 is 0. The van der Waals surface area contributed by atoms with Gasteiger partial charge >= 0.3 is 0 Å². The molecule has 0 aromatic rings. The van der Waals surface area contributed by atoms with Crippen molar-refractivity contribution < 1.29 is 0 Å². The Kier molecular flexibility index (Phi) is 3.57. The van der Waals surface area contributed by atoms with Crippen LogP contribution in [0.1, 0.15) is 52.4 Å². The minimum Gasteiger partial charge on any atom is -0.314 e. The molecule has 1 unspecified atom stereocenters. The van der Waals surface area contributed by atoms with Gasteiger partial charge in [0.15, 0.2) is 0 Å². The molecule has 1 atom stereocenters. The Morgan fingerprint density at radius 3 is 2.25 bits per heavy atom. The predicted molar refractivity (Wildman–Crippen MR) is 54.3 cm³/mol. The third kappa shape index (κ3) is 2.01. The lowest BCUT2D eigenvalue weighted by molar-refractivity contribution is 0.182. The van der Waals surface area contributed by atoms with Crippen LogP contribution in [0.2, 0.25) is 0 Å². The average molecular weight is 169 g/mol. The van der Waals surface area contributed by atoms with E-state index in [0.717, 1.165) is 5.92 Å². The summed E-state index contributed by atoms with van der Waals surface area (Å²) in [5.74, 6) is 0.918. The van der Waals surface area contributed by atoms with Crippen LogP contribution < -0.4 is 5.32 Å². The summed E-state index contributed by atoms with van der Waals surface area (Å²) in [6.45, 7) is 4.67. The molecule has 0 spiro atoms. The molecule has 0 saturated heterocycles. The summed E-state index contributed by atoms with van der Waals surface area (Å²) >= 11 is 0. The SMILES string of the molecule is CCC(C)(NC)C1CCCCC1. The highest BCUT2D eigenvalue weighted by Crippen LogP contribution is 2.33. The van der Waals surface area contributed by atoms with Gasteiger partial charge in [-0.1, -0.05) is 26.2 Å². The van der Waals surface area contributed by atoms with Crippen molar-refractivity contribution in [2.75, 3.05) is 7.05 Å². The van der Waals surface area contributed by atoms with E-state index >= 15 is 0 Å². The fraction of sp³-hybridized carbons (Fsp3) is 1.00. The zero-order valence-corrected chi connectivity index (χ0v) is 8.82. The summed E-state index contributed by atoms with van der Waals surface area (Å²) in [5, 5.41) is 3.50. The molecule has 1 aliphatic rings. The van der Waals surface area contributed by atoms with Crippen LogP contribution in [0.5, 0.6) is 0 Å². The molecule has 0 bridgehead atoms. The van der Waals surface area contributed by atoms with E-state index in [9.17, 15) is 0 Å². The second-order valence-corrected chi connectivity index (χ2v) is 4.36. The van der Waals surface area contributed by atoms with Crippen molar-refractivity contribution in [1.82, 2.24) is 5.32 Å². The number of rotatable bonds is 3. The lowest BCUT2D eigenvalue weighted by Crippen LogP contribution is -2.46. The molecule has 0 amide bonds. The van der Waals surface area contributed by atoms with Gasteiger partial charge in [-0.25, -0.2) is 0 Å². The van der Waals surface area contributed by atoms with E-state index in [1.807, 2.05) is 0 Å². The molecule has 0 aromatic carbocycles. The third-order valence-electron chi connectivity index (χ3n) is 3.81. The summed E-state index contributed by atoms with van der Waals surface area (Å²) in [7, 11) is 2.11. The topological polar surface area (TPSA) is 12.0 Å². The van der Waals surface area contributed by atoms with E-state index < -0.39 is 0 Å². The van der Waals surface area contributed by atoms with Gasteiger partial charge in [0, 0.05) is 5.54 Å². The van der Waals surface area contributed by atoms with Crippen molar-refractivity contribution in [2.24, 2.45) is 5.92 Å². The minimum atomic E-state index is 0.403. The molecular weight excluding hydrogens is 146 g/mol. The maximum absolute atomic E-state index is 3.50. The van der Waals surface area contributed by atoms with E-state index in [-0.39, 0.29) is 0 Å². The Balaban J connectivity index is 2.51. The molecule has 0 aliphatic heterocycles. The highest BCUT2D eigenvalue weighted by atomic mass is 14.9. The number of nitrogens with one attached hydrogen (secondary N) is 1. The van der Waals surface area contributed by atoms with Crippen LogP contribution in [0.15, 0.2) is 0 Å². The van der Waals surface area contributed by atoms with Gasteiger partial charge in [0.05, 0.1) is 0 Å². The van der Waals surface area contributed by atoms with Gasteiger partial charge in [0.1, 0.15) is 0 Å². The van der Waals surface area contributed by atoms with E-state index in [0.29, 0.717) is 5.54 Å². The van der Waals surface area contributed by atoms with Crippen LogP contribution in [-0.2, 0) is 0 Å². The lowest BCUT2D eigenvalue weighted by atomic mass is 9.74. The Morgan fingerprint density at radius 1 is 1.25 bits per heavy atom. The predicted octanol–water partition coefficient (Wildman–Crippen LogP) is 2.95. The summed E-state index contributed by atoms with van der Waals surface area (Å²) in [5.41, 5.74) is 0.403. The molecule has 1 rings (SSSR count). The minimum absolute atomic E-state index is 0.403. The fourth-order valence-electron chi connectivity index (χ4n) is 2.41. The third-order valence-corrected chi connectivity index (χ3v) is 3.81. The van der Waals surface area contributed by atoms with Crippen LogP contribution >= 0.6 is 0 Å². The standard InChI is InChI=1S/C11H23N/c1-4-11(2,12-3)10-8-6-5-7-9-10/h10,12H,4-9H2,1-3H3. The fourth-order valence-corrected chi connectivity index (χ4v) is 2.41. The largest absolute Gasteiger partial charge is 0.314 e. The van der Waals surface area contributed by atoms with Gasteiger partial charge in [-0.15, -0.1) is 0 Å². The summed E-state index contributed by atoms with van der Waals surface area (Å²) in [6, 6.07) is 0. The van der Waals surface area contributed by atoms with Crippen LogP contribution in [0, 0.1) is 5.92 Å². The first-order chi connectivity index (χ1) is 5.73. The van der Waals surface area contributed by atoms with Crippen molar-refractivity contribution >= 4 is 0 Å². The van der Waals surface area contributed by atoms with Crippen molar-refractivity contribution in [1.29, 1.82) is 0 Å². The van der Waals surface area contributed by atoms with Crippen LogP contribution in [0.3, 0.4) is 0 Å². The van der Waals surface area contributed by atoms with Crippen molar-refractivity contribution in [3.63, 3.8) is 0 Å². The second-order valence-electron chi connectivity index (χ2n) is 4.36. The molecule has 72 valence electrons. The van der Waals surface area contributed by atoms with E-state index in [1.54, 1.807) is 0 Å². The zero-order chi connectivity index (χ0) is 9.03. The monoisotopic (exact) mass is 169 g/mol. The highest BCUT2D eigenvalue weighted by Gasteiger charge is 2.31. The van der Waals surface area contributed by atoms with Crippen molar-refractivity contribution in [3.8, 4) is 0 Å². The maximum atomic E-state index is 3.50. The quantitative estimate of drug-likeness (QED) is 0.685. The van der Waals surface area contributed by atoms with Gasteiger partial charge in [0.25, 0.3) is 0 Å². The summed E-state index contributed by atoms with van der Waals surface area (Å²) in [4.78, 5) is 0. The first-order valence-electron chi connectivity index (χ1n) is 5.42. The van der Waals surface area contributed by atoms with E-state index in [2.05, 4.69) is 26.2 Å². The maximum Gasteiger partial charge on any atom is 0.0175 e. The van der Waals surface area contributed by atoms with Crippen LogP contribution in [-0.4, -0.2) is 12.6 Å². The van der Waals surface area contributed by atoms with E-state index in [1.165, 1.54) is 38.5 Å². The van der Waals surface area contributed by atoms with Crippen LogP contribution in [0.4, 0.5) is 0 Å². The average Bonchev–Trinajstić information content (AvgIpc) is 2.18. The van der Waals surface area contributed by atoms with Gasteiger partial charge in [-0.3, -0.25) is 0 Å². The molecule has 1 heteroatoms. The Bertz CT molecular complexity index is 121. The zero-order valence-electron chi connectivity index (χ0n) is 8.82. The Morgan fingerprint density at radius 2 is 1.83 bits per heavy atom. The summed E-state index contributed by atoms with van der Waals surface area (Å²) in [6.07, 6.45) is 8.48. The molecule has 0 aromatic heterocycles. The number of hydrogen-bond acceptors (Lipinski definition) is 1. The number of hydrogen-bond donors (Lipinski definition) is 1. The van der Waals surface area contributed by atoms with Gasteiger partial charge < -0.3 is 5.32 Å². The molecular formula is C11H23N. The molecule has 1 saturated carbocycles. The molecule has 0 radical (unpaired) electrons. The first-order valence-corrected chi connectivity index (χ1v) is 5.42. The van der Waals surface area contributed by atoms with Crippen molar-refractivity contribution in [2.45, 2.75) is 57.9 Å². The molecule has 0 heterocycles. The molecule has 1 aliphatic carbocycles. The first kappa shape index (κ1) is 10.0. The Hall–Kier alpha value is -0.0400. The lowest BCUT2D eigenvalue weighted by Gasteiger charge is -2.39. The van der Waals surface area contributed by atoms with Gasteiger partial charge in [-0.2, -0.15) is 0 Å². The van der Waals surface area contributed by atoms with Crippen LogP contribution in [0.25, 0.3) is 0 Å². The molecule has 12 heavy (non-hydrogen) atoms. The van der Waals surface area contributed by atoms with E-state index in [4.69, 9.17) is 0 Å². The van der Waals surface area contributed by atoms with Crippen molar-refractivity contribution in [3.05, 3.63) is 0 Å². The second kappa shape index (κ2) is 4.27. The van der Waals surface area contributed by atoms with Gasteiger partial charge in [0.2, 0.25) is 0 Å². The molecule has 1 nitrogen and oxygen atoms in total. The highest BCUT2D eigenvalue weighted by molar-refractivity contribution is 4.89. The Labute approximate surface area is 76.9 Å². The molecule has 1 fully saturated rings. The van der Waals surface area contributed by atoms with Gasteiger partial charge in [-0.05, 0) is 39.2 Å².